The molecule has 0 aromatic heterocycles. The Balaban J connectivity index is 3.42. The molecule has 158 valence electrons. The predicted molar refractivity (Wildman–Crippen MR) is 124 cm³/mol. The molecular weight excluding hydrogens is 344 g/mol. The van der Waals surface area contributed by atoms with Crippen molar-refractivity contribution in [2.75, 3.05) is 0 Å². The molecular formula is C26H42O2. The van der Waals surface area contributed by atoms with E-state index in [1.165, 1.54) is 25.7 Å². The Kier molecular flexibility index (Phi) is 21.7. The van der Waals surface area contributed by atoms with Crippen LogP contribution in [0.1, 0.15) is 96.8 Å². The summed E-state index contributed by atoms with van der Waals surface area (Å²) in [4.78, 5) is 10.4. The van der Waals surface area contributed by atoms with E-state index in [1.807, 2.05) is 0 Å². The first-order chi connectivity index (χ1) is 13.8. The molecule has 0 aliphatic carbocycles. The standard InChI is InChI=1S/C26H42O2/c1-2-3-4-5-6-7-8-9-10-11-12-13-14-15-16-17-18-19-20-21-22-23-24-25-26(27)28/h6-7,9-10,12-13,15-16,18-19H,2-5,8,11,14,17,20-25H2,1H3,(H,27,28)/b7-6-,10-9-,13-12-,16-15-,19-18-. The van der Waals surface area contributed by atoms with E-state index in [9.17, 15) is 4.79 Å². The van der Waals surface area contributed by atoms with E-state index in [0.717, 1.165) is 57.8 Å². The number of unbranched alkanes of at least 4 members (excludes halogenated alkanes) is 7. The number of rotatable bonds is 19. The van der Waals surface area contributed by atoms with Crippen LogP contribution >= 0.6 is 0 Å². The zero-order chi connectivity index (χ0) is 20.5. The first kappa shape index (κ1) is 26.2. The highest BCUT2D eigenvalue weighted by atomic mass is 16.4. The van der Waals surface area contributed by atoms with Crippen LogP contribution in [0.3, 0.4) is 0 Å². The molecule has 0 heterocycles. The molecule has 0 rings (SSSR count). The van der Waals surface area contributed by atoms with Crippen molar-refractivity contribution in [3.05, 3.63) is 60.8 Å². The summed E-state index contributed by atoms with van der Waals surface area (Å²) in [6, 6.07) is 0. The summed E-state index contributed by atoms with van der Waals surface area (Å²) in [5, 5.41) is 8.56. The Morgan fingerprint density at radius 2 is 0.964 bits per heavy atom. The lowest BCUT2D eigenvalue weighted by molar-refractivity contribution is -0.137. The third kappa shape index (κ3) is 24.2. The minimum absolute atomic E-state index is 0.307. The van der Waals surface area contributed by atoms with Gasteiger partial charge in [-0.2, -0.15) is 0 Å². The Bertz CT molecular complexity index is 481. The second-order valence-electron chi connectivity index (χ2n) is 7.14. The quantitative estimate of drug-likeness (QED) is 0.179. The van der Waals surface area contributed by atoms with Gasteiger partial charge in [-0.15, -0.1) is 0 Å². The van der Waals surface area contributed by atoms with Crippen LogP contribution in [0, 0.1) is 0 Å². The average Bonchev–Trinajstić information content (AvgIpc) is 2.68. The normalized spacial score (nSPS) is 12.6. The van der Waals surface area contributed by atoms with Gasteiger partial charge in [0.15, 0.2) is 0 Å². The Morgan fingerprint density at radius 3 is 1.39 bits per heavy atom. The van der Waals surface area contributed by atoms with Crippen LogP contribution in [0.25, 0.3) is 0 Å². The maximum atomic E-state index is 10.4. The second kappa shape index (κ2) is 23.2. The van der Waals surface area contributed by atoms with Crippen molar-refractivity contribution in [2.24, 2.45) is 0 Å². The number of hydrogen-bond acceptors (Lipinski definition) is 1. The van der Waals surface area contributed by atoms with E-state index in [-0.39, 0.29) is 0 Å². The molecule has 0 radical (unpaired) electrons. The monoisotopic (exact) mass is 386 g/mol. The molecule has 0 fully saturated rings. The number of carbonyl (C=O) groups is 1. The minimum Gasteiger partial charge on any atom is -0.481 e. The van der Waals surface area contributed by atoms with Gasteiger partial charge >= 0.3 is 5.97 Å². The average molecular weight is 387 g/mol. The van der Waals surface area contributed by atoms with Crippen LogP contribution in [0.2, 0.25) is 0 Å². The summed E-state index contributed by atoms with van der Waals surface area (Å²) in [7, 11) is 0. The zero-order valence-electron chi connectivity index (χ0n) is 18.0. The summed E-state index contributed by atoms with van der Waals surface area (Å²) in [5.41, 5.74) is 0. The number of allylic oxidation sites excluding steroid dienone is 10. The fraction of sp³-hybridized carbons (Fsp3) is 0.577. The molecule has 0 unspecified atom stereocenters. The lowest BCUT2D eigenvalue weighted by atomic mass is 10.1. The molecule has 28 heavy (non-hydrogen) atoms. The van der Waals surface area contributed by atoms with Gasteiger partial charge in [-0.3, -0.25) is 4.79 Å². The van der Waals surface area contributed by atoms with Crippen LogP contribution in [0.15, 0.2) is 60.8 Å². The second-order valence-corrected chi connectivity index (χ2v) is 7.14. The molecule has 0 atom stereocenters. The molecule has 0 aromatic carbocycles. The van der Waals surface area contributed by atoms with E-state index >= 15 is 0 Å². The topological polar surface area (TPSA) is 37.3 Å². The molecule has 0 aliphatic heterocycles. The minimum atomic E-state index is -0.682. The fourth-order valence-electron chi connectivity index (χ4n) is 2.72. The van der Waals surface area contributed by atoms with Crippen molar-refractivity contribution in [1.29, 1.82) is 0 Å². The fourth-order valence-corrected chi connectivity index (χ4v) is 2.72. The predicted octanol–water partition coefficient (Wildman–Crippen LogP) is 8.33. The van der Waals surface area contributed by atoms with Crippen LogP contribution in [-0.2, 0) is 4.79 Å². The molecule has 0 saturated heterocycles. The van der Waals surface area contributed by atoms with Crippen molar-refractivity contribution in [3.63, 3.8) is 0 Å². The molecule has 0 saturated carbocycles. The summed E-state index contributed by atoms with van der Waals surface area (Å²) in [6.45, 7) is 2.24. The van der Waals surface area contributed by atoms with Gasteiger partial charge in [-0.05, 0) is 57.8 Å². The molecule has 2 heteroatoms. The number of aliphatic carboxylic acids is 1. The first-order valence-corrected chi connectivity index (χ1v) is 11.2. The van der Waals surface area contributed by atoms with Crippen molar-refractivity contribution in [2.45, 2.75) is 96.8 Å². The highest BCUT2D eigenvalue weighted by molar-refractivity contribution is 5.66. The van der Waals surface area contributed by atoms with E-state index in [4.69, 9.17) is 5.11 Å². The first-order valence-electron chi connectivity index (χ1n) is 11.2. The summed E-state index contributed by atoms with van der Waals surface area (Å²) < 4.78 is 0. The van der Waals surface area contributed by atoms with Gasteiger partial charge in [-0.25, -0.2) is 0 Å². The summed E-state index contributed by atoms with van der Waals surface area (Å²) >= 11 is 0. The summed E-state index contributed by atoms with van der Waals surface area (Å²) in [5.74, 6) is -0.682. The molecule has 1 N–H and O–H groups in total. The zero-order valence-corrected chi connectivity index (χ0v) is 18.0. The lowest BCUT2D eigenvalue weighted by Gasteiger charge is -1.96. The number of carboxylic acid groups (broad SMARTS) is 1. The van der Waals surface area contributed by atoms with Crippen molar-refractivity contribution in [1.82, 2.24) is 0 Å². The van der Waals surface area contributed by atoms with Gasteiger partial charge in [0, 0.05) is 6.42 Å². The van der Waals surface area contributed by atoms with Gasteiger partial charge in [0.1, 0.15) is 0 Å². The van der Waals surface area contributed by atoms with Gasteiger partial charge in [-0.1, -0.05) is 93.4 Å². The van der Waals surface area contributed by atoms with Crippen LogP contribution < -0.4 is 0 Å². The third-order valence-corrected chi connectivity index (χ3v) is 4.41. The van der Waals surface area contributed by atoms with E-state index in [2.05, 4.69) is 67.7 Å². The molecule has 2 nitrogen and oxygen atoms in total. The number of hydrogen-bond donors (Lipinski definition) is 1. The van der Waals surface area contributed by atoms with Crippen molar-refractivity contribution < 1.29 is 9.90 Å². The van der Waals surface area contributed by atoms with Gasteiger partial charge < -0.3 is 5.11 Å². The maximum Gasteiger partial charge on any atom is 0.303 e. The van der Waals surface area contributed by atoms with Crippen molar-refractivity contribution in [3.8, 4) is 0 Å². The Morgan fingerprint density at radius 1 is 0.571 bits per heavy atom. The molecule has 0 bridgehead atoms. The maximum absolute atomic E-state index is 10.4. The van der Waals surface area contributed by atoms with Crippen LogP contribution in [-0.4, -0.2) is 11.1 Å². The van der Waals surface area contributed by atoms with E-state index < -0.39 is 5.97 Å². The summed E-state index contributed by atoms with van der Waals surface area (Å²) in [6.07, 6.45) is 37.2. The van der Waals surface area contributed by atoms with Crippen LogP contribution in [0.4, 0.5) is 0 Å². The van der Waals surface area contributed by atoms with Gasteiger partial charge in [0.05, 0.1) is 0 Å². The van der Waals surface area contributed by atoms with Crippen LogP contribution in [0.5, 0.6) is 0 Å². The Hall–Kier alpha value is -1.83. The van der Waals surface area contributed by atoms with Gasteiger partial charge in [0.2, 0.25) is 0 Å². The SMILES string of the molecule is CCCCC/C=C\C/C=C\C/C=C\C/C=C\C/C=C\CCCCCCC(=O)O. The molecule has 0 aliphatic rings. The smallest absolute Gasteiger partial charge is 0.303 e. The molecule has 0 aromatic rings. The largest absolute Gasteiger partial charge is 0.481 e. The number of carboxylic acids is 1. The highest BCUT2D eigenvalue weighted by Gasteiger charge is 1.95. The third-order valence-electron chi connectivity index (χ3n) is 4.41. The van der Waals surface area contributed by atoms with E-state index in [0.29, 0.717) is 6.42 Å². The van der Waals surface area contributed by atoms with Crippen molar-refractivity contribution >= 4 is 5.97 Å². The Labute approximate surface area is 173 Å². The highest BCUT2D eigenvalue weighted by Crippen LogP contribution is 2.06. The van der Waals surface area contributed by atoms with E-state index in [1.54, 1.807) is 0 Å². The molecule has 0 spiro atoms. The van der Waals surface area contributed by atoms with Gasteiger partial charge in [0.25, 0.3) is 0 Å². The lowest BCUT2D eigenvalue weighted by Crippen LogP contribution is -1.93. The molecule has 0 amide bonds.